The lowest BCUT2D eigenvalue weighted by Gasteiger charge is -2.32. The first-order chi connectivity index (χ1) is 25.5. The molecular weight excluding hydrogens is 651 g/mol. The maximum atomic E-state index is 6.54. The van der Waals surface area contributed by atoms with Crippen molar-refractivity contribution in [3.63, 3.8) is 0 Å². The largest absolute Gasteiger partial charge is 0.455 e. The molecule has 3 heteroatoms. The van der Waals surface area contributed by atoms with Crippen LogP contribution in [0.5, 0.6) is 0 Å². The van der Waals surface area contributed by atoms with Crippen LogP contribution in [0.3, 0.4) is 0 Å². The van der Waals surface area contributed by atoms with Crippen molar-refractivity contribution < 1.29 is 4.42 Å². The topological polar surface area (TPSA) is 16.4 Å². The molecule has 1 aliphatic carbocycles. The summed E-state index contributed by atoms with van der Waals surface area (Å²) in [6.45, 7) is 4.74. The zero-order valence-corrected chi connectivity index (χ0v) is 29.7. The van der Waals surface area contributed by atoms with Crippen molar-refractivity contribution in [1.29, 1.82) is 0 Å². The molecular formula is C49H33NOS. The Morgan fingerprint density at radius 3 is 2.12 bits per heavy atom. The fraction of sp³-hybridized carbons (Fsp3) is 0.0612. The van der Waals surface area contributed by atoms with Gasteiger partial charge in [-0.25, -0.2) is 0 Å². The minimum Gasteiger partial charge on any atom is -0.455 e. The number of hydrogen-bond donors (Lipinski definition) is 0. The number of anilines is 3. The van der Waals surface area contributed by atoms with Crippen LogP contribution in [0.1, 0.15) is 25.0 Å². The van der Waals surface area contributed by atoms with E-state index in [0.717, 1.165) is 44.3 Å². The molecule has 0 N–H and O–H groups in total. The van der Waals surface area contributed by atoms with Crippen LogP contribution in [0.15, 0.2) is 168 Å². The van der Waals surface area contributed by atoms with Crippen molar-refractivity contribution in [2.45, 2.75) is 19.3 Å². The average Bonchev–Trinajstić information content (AvgIpc) is 3.83. The zero-order chi connectivity index (χ0) is 34.6. The quantitative estimate of drug-likeness (QED) is 0.184. The molecule has 0 bridgehead atoms. The van der Waals surface area contributed by atoms with Gasteiger partial charge in [0, 0.05) is 53.1 Å². The van der Waals surface area contributed by atoms with Gasteiger partial charge < -0.3 is 9.32 Å². The van der Waals surface area contributed by atoms with Crippen molar-refractivity contribution in [3.05, 3.63) is 175 Å². The van der Waals surface area contributed by atoms with E-state index in [1.54, 1.807) is 0 Å². The number of hydrogen-bond acceptors (Lipinski definition) is 3. The van der Waals surface area contributed by atoms with Gasteiger partial charge in [0.25, 0.3) is 0 Å². The molecule has 10 aromatic rings. The molecule has 2 aromatic heterocycles. The highest BCUT2D eigenvalue weighted by Gasteiger charge is 2.38. The Bertz CT molecular complexity index is 3050. The van der Waals surface area contributed by atoms with Crippen LogP contribution in [0.25, 0.3) is 75.1 Å². The van der Waals surface area contributed by atoms with Crippen molar-refractivity contribution in [1.82, 2.24) is 0 Å². The van der Waals surface area contributed by atoms with E-state index in [4.69, 9.17) is 4.42 Å². The highest BCUT2D eigenvalue weighted by molar-refractivity contribution is 7.25. The molecule has 0 saturated carbocycles. The van der Waals surface area contributed by atoms with Gasteiger partial charge in [0.2, 0.25) is 0 Å². The number of rotatable bonds is 4. The van der Waals surface area contributed by atoms with E-state index in [1.165, 1.54) is 59.1 Å². The summed E-state index contributed by atoms with van der Waals surface area (Å²) in [4.78, 5) is 2.47. The SMILES string of the molecule is CC1(C)c2ccccc2-c2cccc(N(c3ccc(-c4cccc5oc6c7ccccc7ccc6c45)cc3)c3ccc4c(c3)sc3ccccc34)c21. The maximum absolute atomic E-state index is 6.54. The summed E-state index contributed by atoms with van der Waals surface area (Å²) in [5, 5.41) is 7.25. The van der Waals surface area contributed by atoms with Crippen LogP contribution in [-0.2, 0) is 5.41 Å². The van der Waals surface area contributed by atoms with Crippen molar-refractivity contribution in [2.24, 2.45) is 0 Å². The fourth-order valence-corrected chi connectivity index (χ4v) is 10.0. The van der Waals surface area contributed by atoms with Crippen molar-refractivity contribution in [3.8, 4) is 22.3 Å². The predicted octanol–water partition coefficient (Wildman–Crippen LogP) is 14.6. The van der Waals surface area contributed by atoms with Crippen LogP contribution in [0.4, 0.5) is 17.1 Å². The molecule has 0 atom stereocenters. The van der Waals surface area contributed by atoms with E-state index in [1.807, 2.05) is 11.3 Å². The average molecular weight is 684 g/mol. The van der Waals surface area contributed by atoms with Gasteiger partial charge in [-0.2, -0.15) is 0 Å². The van der Waals surface area contributed by atoms with Gasteiger partial charge in [-0.15, -0.1) is 11.3 Å². The van der Waals surface area contributed by atoms with Gasteiger partial charge in [-0.1, -0.05) is 129 Å². The molecule has 0 amide bonds. The second kappa shape index (κ2) is 10.9. The van der Waals surface area contributed by atoms with E-state index in [-0.39, 0.29) is 5.41 Å². The molecule has 52 heavy (non-hydrogen) atoms. The Balaban J connectivity index is 1.11. The van der Waals surface area contributed by atoms with Crippen molar-refractivity contribution in [2.75, 3.05) is 4.90 Å². The van der Waals surface area contributed by atoms with Crippen LogP contribution in [0, 0.1) is 0 Å². The van der Waals surface area contributed by atoms with Gasteiger partial charge in [-0.3, -0.25) is 0 Å². The summed E-state index contributed by atoms with van der Waals surface area (Å²) in [6.07, 6.45) is 0. The standard InChI is InChI=1S/C49H33NOS/c1-49(2)41-17-7-5-13-36(41)39-16-9-18-42(47(39)49)50(33-26-28-38-37-14-6-8-20-44(37)52-45(38)29-33)32-24-21-31(22-25-32)34-15-10-19-43-46(34)40-27-23-30-11-3-4-12-35(30)48(40)51-43/h3-29H,1-2H3. The van der Waals surface area contributed by atoms with Crippen LogP contribution in [-0.4, -0.2) is 0 Å². The summed E-state index contributed by atoms with van der Waals surface area (Å²) >= 11 is 1.87. The minimum atomic E-state index is -0.162. The number of benzene rings is 8. The zero-order valence-electron chi connectivity index (χ0n) is 28.9. The van der Waals surface area contributed by atoms with Gasteiger partial charge in [0.05, 0.1) is 5.69 Å². The molecule has 0 radical (unpaired) electrons. The summed E-state index contributed by atoms with van der Waals surface area (Å²) in [5.74, 6) is 0. The third-order valence-corrected chi connectivity index (χ3v) is 12.4. The summed E-state index contributed by atoms with van der Waals surface area (Å²) in [6, 6.07) is 59.9. The van der Waals surface area contributed by atoms with E-state index < -0.39 is 0 Å². The van der Waals surface area contributed by atoms with Crippen LogP contribution < -0.4 is 4.90 Å². The number of furan rings is 1. The van der Waals surface area contributed by atoms with E-state index >= 15 is 0 Å². The van der Waals surface area contributed by atoms with Crippen molar-refractivity contribution >= 4 is 81.3 Å². The first-order valence-electron chi connectivity index (χ1n) is 17.9. The Morgan fingerprint density at radius 2 is 1.21 bits per heavy atom. The molecule has 0 spiro atoms. The van der Waals surface area contributed by atoms with Gasteiger partial charge >= 0.3 is 0 Å². The molecule has 8 aromatic carbocycles. The number of fused-ring (bicyclic) bond motifs is 11. The number of nitrogens with zero attached hydrogens (tertiary/aromatic N) is 1. The Kier molecular flexibility index (Phi) is 6.21. The molecule has 2 heterocycles. The van der Waals surface area contributed by atoms with E-state index in [9.17, 15) is 0 Å². The third-order valence-electron chi connectivity index (χ3n) is 11.2. The molecule has 0 fully saturated rings. The highest BCUT2D eigenvalue weighted by Crippen LogP contribution is 2.54. The first kappa shape index (κ1) is 29.6. The summed E-state index contributed by atoms with van der Waals surface area (Å²) in [7, 11) is 0. The Hall–Kier alpha value is -6.16. The second-order valence-corrected chi connectivity index (χ2v) is 15.6. The monoisotopic (exact) mass is 683 g/mol. The van der Waals surface area contributed by atoms with Gasteiger partial charge in [0.15, 0.2) is 0 Å². The summed E-state index contributed by atoms with van der Waals surface area (Å²) < 4.78 is 9.15. The second-order valence-electron chi connectivity index (χ2n) is 14.5. The first-order valence-corrected chi connectivity index (χ1v) is 18.7. The summed E-state index contributed by atoms with van der Waals surface area (Å²) in [5.41, 5.74) is 12.9. The smallest absolute Gasteiger partial charge is 0.143 e. The molecule has 0 saturated heterocycles. The lowest BCUT2D eigenvalue weighted by Crippen LogP contribution is -2.20. The van der Waals surface area contributed by atoms with Crippen LogP contribution in [0.2, 0.25) is 0 Å². The Labute approximate surface area is 305 Å². The minimum absolute atomic E-state index is 0.162. The molecule has 0 aliphatic heterocycles. The van der Waals surface area contributed by atoms with Gasteiger partial charge in [0.1, 0.15) is 11.2 Å². The fourth-order valence-electron chi connectivity index (χ4n) is 8.87. The van der Waals surface area contributed by atoms with E-state index in [0.29, 0.717) is 0 Å². The lowest BCUT2D eigenvalue weighted by atomic mass is 9.81. The predicted molar refractivity (Wildman–Crippen MR) is 222 cm³/mol. The molecule has 1 aliphatic rings. The van der Waals surface area contributed by atoms with E-state index in [2.05, 4.69) is 183 Å². The highest BCUT2D eigenvalue weighted by atomic mass is 32.1. The maximum Gasteiger partial charge on any atom is 0.143 e. The molecule has 0 unspecified atom stereocenters. The normalized spacial score (nSPS) is 13.3. The number of thiophene rings is 1. The molecule has 2 nitrogen and oxygen atoms in total. The third kappa shape index (κ3) is 4.17. The lowest BCUT2D eigenvalue weighted by molar-refractivity contribution is 0.661. The Morgan fingerprint density at radius 1 is 0.519 bits per heavy atom. The van der Waals surface area contributed by atoms with Gasteiger partial charge in [-0.05, 0) is 87.3 Å². The molecule has 246 valence electrons. The molecule has 11 rings (SSSR count). The van der Waals surface area contributed by atoms with Crippen LogP contribution >= 0.6 is 11.3 Å².